The van der Waals surface area contributed by atoms with Crippen LogP contribution in [0.4, 0.5) is 0 Å². The minimum Gasteiger partial charge on any atom is -0.453 e. The van der Waals surface area contributed by atoms with Crippen molar-refractivity contribution in [1.29, 1.82) is 0 Å². The molecule has 14 nitrogen and oxygen atoms in total. The van der Waals surface area contributed by atoms with E-state index in [4.69, 9.17) is 65.0 Å². The van der Waals surface area contributed by atoms with Gasteiger partial charge in [0.15, 0.2) is 23.1 Å². The van der Waals surface area contributed by atoms with Crippen LogP contribution in [0, 0.1) is 6.07 Å². The highest BCUT2D eigenvalue weighted by Gasteiger charge is 2.56. The Balaban J connectivity index is 1.17. The number of hydrogen-bond donors (Lipinski definition) is 0. The van der Waals surface area contributed by atoms with Gasteiger partial charge in [0.05, 0.1) is 26.4 Å². The van der Waals surface area contributed by atoms with Crippen LogP contribution in [-0.2, 0) is 66.8 Å². The lowest BCUT2D eigenvalue weighted by Crippen LogP contribution is -2.45. The van der Waals surface area contributed by atoms with E-state index < -0.39 is 89.2 Å². The van der Waals surface area contributed by atoms with Gasteiger partial charge < -0.3 is 46.9 Å². The molecule has 6 heterocycles. The van der Waals surface area contributed by atoms with Gasteiger partial charge in [0, 0.05) is 11.5 Å². The summed E-state index contributed by atoms with van der Waals surface area (Å²) in [7, 11) is -3.89. The Kier molecular flexibility index (Phi) is 11.1. The molecule has 7 rings (SSSR count). The molecular formula is C38H59O14P2-. The Hall–Kier alpha value is -0.800. The molecule has 0 spiro atoms. The fourth-order valence-electron chi connectivity index (χ4n) is 7.32. The van der Waals surface area contributed by atoms with Crippen LogP contribution in [0.1, 0.15) is 108 Å². The fraction of sp³-hybridized carbons (Fsp3) is 0.842. The average Bonchev–Trinajstić information content (AvgIpc) is 3.87. The van der Waals surface area contributed by atoms with Gasteiger partial charge in [-0.25, -0.2) is 0 Å². The van der Waals surface area contributed by atoms with E-state index in [9.17, 15) is 0 Å². The molecule has 0 aromatic heterocycles. The highest BCUT2D eigenvalue weighted by Crippen LogP contribution is 2.58. The quantitative estimate of drug-likeness (QED) is 0.190. The molecule has 4 unspecified atom stereocenters. The van der Waals surface area contributed by atoms with Crippen LogP contribution in [0.15, 0.2) is 6.07 Å². The first-order valence-electron chi connectivity index (χ1n) is 18.9. The van der Waals surface area contributed by atoms with Crippen molar-refractivity contribution < 1.29 is 65.0 Å². The molecule has 1 aromatic rings. The molecule has 0 bridgehead atoms. The van der Waals surface area contributed by atoms with Crippen molar-refractivity contribution in [1.82, 2.24) is 0 Å². The molecule has 306 valence electrons. The Morgan fingerprint density at radius 1 is 0.500 bits per heavy atom. The van der Waals surface area contributed by atoms with Gasteiger partial charge in [-0.15, -0.1) is 11.1 Å². The second-order valence-electron chi connectivity index (χ2n) is 18.6. The Labute approximate surface area is 322 Å². The summed E-state index contributed by atoms with van der Waals surface area (Å²) >= 11 is 0. The molecule has 0 amide bonds. The molecule has 6 aliphatic rings. The normalized spacial score (nSPS) is 38.7. The molecule has 0 N–H and O–H groups in total. The molecule has 0 saturated carbocycles. The zero-order valence-electron chi connectivity index (χ0n) is 34.1. The van der Waals surface area contributed by atoms with Gasteiger partial charge in [-0.1, -0.05) is 58.4 Å². The van der Waals surface area contributed by atoms with E-state index in [0.717, 1.165) is 11.1 Å². The lowest BCUT2D eigenvalue weighted by molar-refractivity contribution is -0.165. The zero-order chi connectivity index (χ0) is 39.2. The summed E-state index contributed by atoms with van der Waals surface area (Å²) in [6.45, 7) is 29.2. The third kappa shape index (κ3) is 9.08. The summed E-state index contributed by atoms with van der Waals surface area (Å²) in [5.74, 6) is -2.16. The predicted octanol–water partition coefficient (Wildman–Crippen LogP) is 7.47. The van der Waals surface area contributed by atoms with Crippen LogP contribution in [0.2, 0.25) is 0 Å². The van der Waals surface area contributed by atoms with E-state index in [1.165, 1.54) is 0 Å². The maximum absolute atomic E-state index is 6.68. The third-order valence-electron chi connectivity index (χ3n) is 10.0. The average molecular weight is 802 g/mol. The van der Waals surface area contributed by atoms with Crippen LogP contribution in [0.3, 0.4) is 0 Å². The van der Waals surface area contributed by atoms with Crippen molar-refractivity contribution in [3.05, 3.63) is 23.3 Å². The van der Waals surface area contributed by atoms with Gasteiger partial charge in [-0.3, -0.25) is 18.1 Å². The number of hydrogen-bond acceptors (Lipinski definition) is 14. The van der Waals surface area contributed by atoms with Crippen molar-refractivity contribution in [2.24, 2.45) is 0 Å². The van der Waals surface area contributed by atoms with Crippen LogP contribution >= 0.6 is 17.2 Å². The van der Waals surface area contributed by atoms with E-state index in [1.54, 1.807) is 0 Å². The summed E-state index contributed by atoms with van der Waals surface area (Å²) in [5, 5.41) is 0. The van der Waals surface area contributed by atoms with Gasteiger partial charge in [0.2, 0.25) is 0 Å². The number of rotatable bonds is 8. The van der Waals surface area contributed by atoms with Gasteiger partial charge in [0.25, 0.3) is 0 Å². The molecule has 6 aliphatic heterocycles. The molecule has 1 aromatic carbocycles. The number of benzene rings is 1. The van der Waals surface area contributed by atoms with Crippen LogP contribution < -0.4 is 9.05 Å². The van der Waals surface area contributed by atoms with Crippen molar-refractivity contribution >= 4 is 17.2 Å². The van der Waals surface area contributed by atoms with E-state index in [1.807, 2.05) is 55.4 Å². The summed E-state index contributed by atoms with van der Waals surface area (Å²) in [6, 6.07) is 5.60. The summed E-state index contributed by atoms with van der Waals surface area (Å²) < 4.78 is 88.4. The van der Waals surface area contributed by atoms with Crippen molar-refractivity contribution in [2.45, 2.75) is 180 Å². The summed E-state index contributed by atoms with van der Waals surface area (Å²) in [5.41, 5.74) is 1.12. The standard InChI is InChI=1S/C38H59O14P2/c1-33(2,3)21-15-22(34(4,5)6)24(48-54-51-31(27-19-41-37(11,12)45-27)32(52-54)28-20-42-38(13,14)46-28)16-23(21)47-53-49-29(25-17-39-35(7,8)43-25)30(50-53)26-18-40-36(9,10)44-26/h15,25-32H,17-20H2,1-14H3/q-1/t25?,26?,27?,28?,29-,30-,31-,32-,53?,54?/m1/s1. The zero-order valence-corrected chi connectivity index (χ0v) is 35.9. The van der Waals surface area contributed by atoms with E-state index in [0.29, 0.717) is 37.9 Å². The maximum Gasteiger partial charge on any atom is 0.396 e. The van der Waals surface area contributed by atoms with Gasteiger partial charge in [-0.05, 0) is 55.4 Å². The topological polar surface area (TPSA) is 129 Å². The second kappa shape index (κ2) is 14.5. The fourth-order valence-corrected chi connectivity index (χ4v) is 10.00. The van der Waals surface area contributed by atoms with Crippen molar-refractivity contribution in [3.8, 4) is 11.5 Å². The first-order chi connectivity index (χ1) is 24.9. The van der Waals surface area contributed by atoms with Crippen molar-refractivity contribution in [2.75, 3.05) is 26.4 Å². The molecule has 6 fully saturated rings. The second-order valence-corrected chi connectivity index (χ2v) is 20.7. The van der Waals surface area contributed by atoms with Crippen LogP contribution in [-0.4, -0.2) is 98.4 Å². The lowest BCUT2D eigenvalue weighted by atomic mass is 9.80. The largest absolute Gasteiger partial charge is 0.453 e. The van der Waals surface area contributed by atoms with Gasteiger partial charge in [0.1, 0.15) is 48.8 Å². The molecule has 16 heteroatoms. The Morgan fingerprint density at radius 3 is 0.963 bits per heavy atom. The first kappa shape index (κ1) is 41.4. The monoisotopic (exact) mass is 801 g/mol. The molecule has 0 aliphatic carbocycles. The Bertz CT molecular complexity index is 1350. The third-order valence-corrected chi connectivity index (χ3v) is 12.3. The number of ether oxygens (including phenoxy) is 8. The van der Waals surface area contributed by atoms with Crippen molar-refractivity contribution in [3.63, 3.8) is 0 Å². The molecule has 8 atom stereocenters. The Morgan fingerprint density at radius 2 is 0.759 bits per heavy atom. The molecule has 54 heavy (non-hydrogen) atoms. The van der Waals surface area contributed by atoms with Crippen LogP contribution in [0.5, 0.6) is 11.5 Å². The van der Waals surface area contributed by atoms with E-state index >= 15 is 0 Å². The van der Waals surface area contributed by atoms with Gasteiger partial charge in [-0.2, -0.15) is 6.07 Å². The lowest BCUT2D eigenvalue weighted by Gasteiger charge is -2.36. The highest BCUT2D eigenvalue weighted by atomic mass is 31.2. The minimum absolute atomic E-state index is 0.339. The first-order valence-corrected chi connectivity index (χ1v) is 21.1. The highest BCUT2D eigenvalue weighted by molar-refractivity contribution is 7.42. The SMILES string of the molecule is CC1(C)OCC([C@H]2OP(Oc3[c-]c(OP4O[C@H](C5COC(C)(C)O5)[C@@H](C5COC(C)(C)O5)O4)c(C(C)(C)C)cc3C(C)(C)C)O[C@@H]2C2COC(C)(C)O2)O1. The van der Waals surface area contributed by atoms with E-state index in [2.05, 4.69) is 53.7 Å². The predicted molar refractivity (Wildman–Crippen MR) is 197 cm³/mol. The molecule has 6 saturated heterocycles. The summed E-state index contributed by atoms with van der Waals surface area (Å²) in [4.78, 5) is 0. The van der Waals surface area contributed by atoms with Gasteiger partial charge >= 0.3 is 17.2 Å². The maximum atomic E-state index is 6.68. The van der Waals surface area contributed by atoms with Crippen LogP contribution in [0.25, 0.3) is 0 Å². The van der Waals surface area contributed by atoms with E-state index in [-0.39, 0.29) is 10.8 Å². The molecule has 0 radical (unpaired) electrons. The molecular weight excluding hydrogens is 742 g/mol. The minimum atomic E-state index is -1.94. The summed E-state index contributed by atoms with van der Waals surface area (Å²) in [6.07, 6.45) is -3.72. The smallest absolute Gasteiger partial charge is 0.396 e.